The van der Waals surface area contributed by atoms with Gasteiger partial charge in [-0.05, 0) is 24.8 Å². The molecule has 0 radical (unpaired) electrons. The standard InChI is InChI=1S/C17H23Cl2N3O3/c18-12-7-11(15(23)8-13(12)19)16(20)10-1-4-22(5-2-10)17(24)14-9-25-6-3-21-14/h7-8,10,14,16,21,23H,1-6,9,20H2/t14-,16-/m1/s1. The van der Waals surface area contributed by atoms with Crippen LogP contribution in [0.5, 0.6) is 5.75 Å². The van der Waals surface area contributed by atoms with E-state index in [0.717, 1.165) is 12.8 Å². The molecule has 2 aliphatic heterocycles. The van der Waals surface area contributed by atoms with Crippen molar-refractivity contribution < 1.29 is 14.6 Å². The van der Waals surface area contributed by atoms with Crippen LogP contribution >= 0.6 is 23.2 Å². The van der Waals surface area contributed by atoms with Crippen molar-refractivity contribution in [3.05, 3.63) is 27.7 Å². The Hall–Kier alpha value is -1.05. The number of nitrogens with two attached hydrogens (primary N) is 1. The summed E-state index contributed by atoms with van der Waals surface area (Å²) in [5, 5.41) is 14.0. The number of rotatable bonds is 3. The van der Waals surface area contributed by atoms with Gasteiger partial charge in [-0.2, -0.15) is 0 Å². The van der Waals surface area contributed by atoms with Crippen molar-refractivity contribution in [1.82, 2.24) is 10.2 Å². The molecule has 2 saturated heterocycles. The summed E-state index contributed by atoms with van der Waals surface area (Å²) in [6.07, 6.45) is 1.56. The summed E-state index contributed by atoms with van der Waals surface area (Å²) in [4.78, 5) is 14.4. The predicted molar refractivity (Wildman–Crippen MR) is 97.0 cm³/mol. The highest BCUT2D eigenvalue weighted by molar-refractivity contribution is 6.42. The van der Waals surface area contributed by atoms with Gasteiger partial charge in [-0.3, -0.25) is 4.79 Å². The summed E-state index contributed by atoms with van der Waals surface area (Å²) in [6.45, 7) is 3.08. The smallest absolute Gasteiger partial charge is 0.242 e. The van der Waals surface area contributed by atoms with Crippen LogP contribution in [0.3, 0.4) is 0 Å². The molecule has 138 valence electrons. The molecule has 0 spiro atoms. The van der Waals surface area contributed by atoms with E-state index in [2.05, 4.69) is 5.32 Å². The number of hydrogen-bond acceptors (Lipinski definition) is 5. The Morgan fingerprint density at radius 2 is 2.00 bits per heavy atom. The van der Waals surface area contributed by atoms with Crippen LogP contribution in [0.2, 0.25) is 10.0 Å². The number of halogens is 2. The third kappa shape index (κ3) is 4.20. The van der Waals surface area contributed by atoms with Crippen molar-refractivity contribution in [3.63, 3.8) is 0 Å². The molecule has 4 N–H and O–H groups in total. The fourth-order valence-electron chi connectivity index (χ4n) is 3.50. The van der Waals surface area contributed by atoms with Crippen LogP contribution in [-0.2, 0) is 9.53 Å². The van der Waals surface area contributed by atoms with E-state index >= 15 is 0 Å². The zero-order valence-corrected chi connectivity index (χ0v) is 15.4. The molecule has 2 aliphatic rings. The third-order valence-electron chi connectivity index (χ3n) is 5.01. The van der Waals surface area contributed by atoms with Crippen molar-refractivity contribution in [2.24, 2.45) is 11.7 Å². The molecule has 1 aromatic carbocycles. The first kappa shape index (κ1) is 18.7. The maximum Gasteiger partial charge on any atom is 0.242 e. The molecule has 8 heteroatoms. The largest absolute Gasteiger partial charge is 0.508 e. The van der Waals surface area contributed by atoms with Gasteiger partial charge in [0.2, 0.25) is 5.91 Å². The lowest BCUT2D eigenvalue weighted by molar-refractivity contribution is -0.137. The minimum atomic E-state index is -0.344. The highest BCUT2D eigenvalue weighted by Crippen LogP contribution is 2.37. The Bertz CT molecular complexity index is 630. The fourth-order valence-corrected chi connectivity index (χ4v) is 3.83. The van der Waals surface area contributed by atoms with Crippen LogP contribution in [0.15, 0.2) is 12.1 Å². The van der Waals surface area contributed by atoms with Gasteiger partial charge in [-0.25, -0.2) is 0 Å². The average molecular weight is 388 g/mol. The normalized spacial score (nSPS) is 23.5. The number of amides is 1. The van der Waals surface area contributed by atoms with Crippen LogP contribution in [0.1, 0.15) is 24.4 Å². The monoisotopic (exact) mass is 387 g/mol. The molecule has 1 amide bonds. The van der Waals surface area contributed by atoms with Crippen LogP contribution in [0.25, 0.3) is 0 Å². The first-order chi connectivity index (χ1) is 12.0. The maximum absolute atomic E-state index is 12.5. The summed E-state index contributed by atoms with van der Waals surface area (Å²) in [7, 11) is 0. The number of aromatic hydroxyl groups is 1. The van der Waals surface area contributed by atoms with Crippen molar-refractivity contribution in [1.29, 1.82) is 0 Å². The number of hydrogen-bond donors (Lipinski definition) is 3. The average Bonchev–Trinajstić information content (AvgIpc) is 2.64. The molecular formula is C17H23Cl2N3O3. The van der Waals surface area contributed by atoms with Crippen molar-refractivity contribution in [2.45, 2.75) is 24.9 Å². The second kappa shape index (κ2) is 8.10. The number of carbonyl (C=O) groups excluding carboxylic acids is 1. The van der Waals surface area contributed by atoms with Crippen molar-refractivity contribution >= 4 is 29.1 Å². The number of morpholine rings is 1. The Morgan fingerprint density at radius 3 is 2.64 bits per heavy atom. The van der Waals surface area contributed by atoms with Gasteiger partial charge in [0.05, 0.1) is 23.3 Å². The molecule has 25 heavy (non-hydrogen) atoms. The summed E-state index contributed by atoms with van der Waals surface area (Å²) in [6, 6.07) is 2.46. The summed E-state index contributed by atoms with van der Waals surface area (Å²) < 4.78 is 5.36. The number of carbonyl (C=O) groups is 1. The summed E-state index contributed by atoms with van der Waals surface area (Å²) >= 11 is 12.0. The van der Waals surface area contributed by atoms with Gasteiger partial charge in [-0.1, -0.05) is 23.2 Å². The molecule has 6 nitrogen and oxygen atoms in total. The molecular weight excluding hydrogens is 365 g/mol. The summed E-state index contributed by atoms with van der Waals surface area (Å²) in [5.41, 5.74) is 6.95. The first-order valence-corrected chi connectivity index (χ1v) is 9.26. The van der Waals surface area contributed by atoms with E-state index in [1.54, 1.807) is 6.07 Å². The maximum atomic E-state index is 12.5. The second-order valence-electron chi connectivity index (χ2n) is 6.60. The Morgan fingerprint density at radius 1 is 1.32 bits per heavy atom. The highest BCUT2D eigenvalue weighted by Gasteiger charge is 2.32. The fraction of sp³-hybridized carbons (Fsp3) is 0.588. The van der Waals surface area contributed by atoms with E-state index in [-0.39, 0.29) is 29.7 Å². The zero-order chi connectivity index (χ0) is 18.0. The Labute approximate surface area is 157 Å². The van der Waals surface area contributed by atoms with E-state index in [9.17, 15) is 9.90 Å². The van der Waals surface area contributed by atoms with Crippen LogP contribution in [0, 0.1) is 5.92 Å². The van der Waals surface area contributed by atoms with Gasteiger partial charge in [0.15, 0.2) is 0 Å². The SMILES string of the molecule is N[C@@H](c1cc(Cl)c(Cl)cc1O)C1CCN(C(=O)[C@H]2COCCN2)CC1. The lowest BCUT2D eigenvalue weighted by atomic mass is 9.85. The molecule has 0 aromatic heterocycles. The summed E-state index contributed by atoms with van der Waals surface area (Å²) in [5.74, 6) is 0.316. The number of benzene rings is 1. The van der Waals surface area contributed by atoms with Gasteiger partial charge >= 0.3 is 0 Å². The zero-order valence-electron chi connectivity index (χ0n) is 13.9. The number of nitrogens with one attached hydrogen (secondary N) is 1. The predicted octanol–water partition coefficient (Wildman–Crippen LogP) is 1.93. The molecule has 0 aliphatic carbocycles. The van der Waals surface area contributed by atoms with Gasteiger partial charge in [0, 0.05) is 37.3 Å². The number of ether oxygens (including phenoxy) is 1. The minimum absolute atomic E-state index is 0.0592. The van der Waals surface area contributed by atoms with Gasteiger partial charge in [-0.15, -0.1) is 0 Å². The number of phenols is 1. The Balaban J connectivity index is 1.60. The minimum Gasteiger partial charge on any atom is -0.508 e. The van der Waals surface area contributed by atoms with Crippen LogP contribution in [0.4, 0.5) is 0 Å². The molecule has 1 aromatic rings. The molecule has 0 unspecified atom stereocenters. The quantitative estimate of drug-likeness (QED) is 0.737. The van der Waals surface area contributed by atoms with Gasteiger partial charge in [0.1, 0.15) is 11.8 Å². The van der Waals surface area contributed by atoms with E-state index in [4.69, 9.17) is 33.7 Å². The Kier molecular flexibility index (Phi) is 6.07. The van der Waals surface area contributed by atoms with E-state index in [1.165, 1.54) is 6.07 Å². The first-order valence-electron chi connectivity index (χ1n) is 8.50. The van der Waals surface area contributed by atoms with E-state index in [1.807, 2.05) is 4.90 Å². The number of likely N-dealkylation sites (tertiary alicyclic amines) is 1. The van der Waals surface area contributed by atoms with Crippen LogP contribution in [-0.4, -0.2) is 54.8 Å². The second-order valence-corrected chi connectivity index (χ2v) is 7.41. The number of phenolic OH excluding ortho intramolecular Hbond substituents is 1. The molecule has 2 heterocycles. The third-order valence-corrected chi connectivity index (χ3v) is 5.73. The topological polar surface area (TPSA) is 87.8 Å². The molecule has 0 bridgehead atoms. The molecule has 2 fully saturated rings. The lowest BCUT2D eigenvalue weighted by Crippen LogP contribution is -2.54. The molecule has 0 saturated carbocycles. The van der Waals surface area contributed by atoms with E-state index in [0.29, 0.717) is 48.5 Å². The van der Waals surface area contributed by atoms with Gasteiger partial charge in [0.25, 0.3) is 0 Å². The van der Waals surface area contributed by atoms with Crippen LogP contribution < -0.4 is 11.1 Å². The van der Waals surface area contributed by atoms with Crippen molar-refractivity contribution in [2.75, 3.05) is 32.8 Å². The van der Waals surface area contributed by atoms with Gasteiger partial charge < -0.3 is 25.8 Å². The number of nitrogens with zero attached hydrogens (tertiary/aromatic N) is 1. The lowest BCUT2D eigenvalue weighted by Gasteiger charge is -2.37. The van der Waals surface area contributed by atoms with Crippen molar-refractivity contribution in [3.8, 4) is 5.75 Å². The number of piperidine rings is 1. The molecule has 2 atom stereocenters. The highest BCUT2D eigenvalue weighted by atomic mass is 35.5. The molecule has 3 rings (SSSR count). The van der Waals surface area contributed by atoms with E-state index < -0.39 is 0 Å².